The van der Waals surface area contributed by atoms with E-state index in [0.717, 1.165) is 12.2 Å². The van der Waals surface area contributed by atoms with E-state index >= 15 is 0 Å². The molecule has 1 heterocycles. The molecule has 0 aliphatic rings. The molecular formula is C12H14ClN3O. The van der Waals surface area contributed by atoms with Gasteiger partial charge >= 0.3 is 0 Å². The molecule has 2 rings (SSSR count). The van der Waals surface area contributed by atoms with Crippen molar-refractivity contribution in [1.29, 1.82) is 0 Å². The molecule has 0 aliphatic carbocycles. The highest BCUT2D eigenvalue weighted by molar-refractivity contribution is 6.32. The molecule has 90 valence electrons. The summed E-state index contributed by atoms with van der Waals surface area (Å²) in [6.45, 7) is 3.10. The Labute approximate surface area is 105 Å². The van der Waals surface area contributed by atoms with Gasteiger partial charge in [-0.25, -0.2) is 0 Å². The van der Waals surface area contributed by atoms with E-state index in [1.807, 2.05) is 25.1 Å². The fourth-order valence-electron chi connectivity index (χ4n) is 1.52. The Morgan fingerprint density at radius 2 is 2.18 bits per heavy atom. The molecule has 0 aliphatic heterocycles. The molecule has 5 heteroatoms. The summed E-state index contributed by atoms with van der Waals surface area (Å²) < 4.78 is 7.30. The van der Waals surface area contributed by atoms with Crippen molar-refractivity contribution < 1.29 is 4.74 Å². The number of benzene rings is 1. The van der Waals surface area contributed by atoms with Gasteiger partial charge in [0.2, 0.25) is 0 Å². The average molecular weight is 252 g/mol. The molecule has 1 aromatic carbocycles. The molecule has 17 heavy (non-hydrogen) atoms. The molecule has 0 amide bonds. The minimum Gasteiger partial charge on any atom is -0.486 e. The van der Waals surface area contributed by atoms with Crippen LogP contribution in [0.1, 0.15) is 12.6 Å². The standard InChI is InChI=1S/C12H14ClN3O/c1-2-16-12(14)7-9(15-16)8-17-11-6-4-3-5-10(11)13/h3-7H,2,8,14H2,1H3. The van der Waals surface area contributed by atoms with Crippen molar-refractivity contribution in [3.05, 3.63) is 41.0 Å². The Hall–Kier alpha value is -1.68. The number of aryl methyl sites for hydroxylation is 1. The lowest BCUT2D eigenvalue weighted by Gasteiger charge is -2.05. The van der Waals surface area contributed by atoms with E-state index in [1.165, 1.54) is 0 Å². The van der Waals surface area contributed by atoms with E-state index in [9.17, 15) is 0 Å². The predicted octanol–water partition coefficient (Wildman–Crippen LogP) is 2.72. The van der Waals surface area contributed by atoms with Crippen molar-refractivity contribution in [3.63, 3.8) is 0 Å². The zero-order valence-electron chi connectivity index (χ0n) is 9.56. The Balaban J connectivity index is 2.05. The van der Waals surface area contributed by atoms with E-state index in [0.29, 0.717) is 23.2 Å². The second-order valence-corrected chi connectivity index (χ2v) is 4.00. The van der Waals surface area contributed by atoms with Crippen LogP contribution in [0, 0.1) is 0 Å². The number of aromatic nitrogens is 2. The van der Waals surface area contributed by atoms with Gasteiger partial charge < -0.3 is 10.5 Å². The first-order valence-corrected chi connectivity index (χ1v) is 5.78. The lowest BCUT2D eigenvalue weighted by atomic mass is 10.3. The number of ether oxygens (including phenoxy) is 1. The molecule has 0 bridgehead atoms. The number of hydrogen-bond acceptors (Lipinski definition) is 3. The van der Waals surface area contributed by atoms with E-state index in [2.05, 4.69) is 5.10 Å². The molecule has 0 unspecified atom stereocenters. The van der Waals surface area contributed by atoms with Crippen LogP contribution in [0.5, 0.6) is 5.75 Å². The number of nitrogens with zero attached hydrogens (tertiary/aromatic N) is 2. The third-order valence-corrected chi connectivity index (χ3v) is 2.69. The van der Waals surface area contributed by atoms with Crippen LogP contribution in [-0.2, 0) is 13.2 Å². The number of hydrogen-bond donors (Lipinski definition) is 1. The van der Waals surface area contributed by atoms with Gasteiger partial charge in [0, 0.05) is 12.6 Å². The van der Waals surface area contributed by atoms with Crippen LogP contribution in [0.25, 0.3) is 0 Å². The number of anilines is 1. The molecular weight excluding hydrogens is 238 g/mol. The molecule has 0 saturated heterocycles. The van der Waals surface area contributed by atoms with E-state index in [4.69, 9.17) is 22.1 Å². The van der Waals surface area contributed by atoms with E-state index in [-0.39, 0.29) is 0 Å². The van der Waals surface area contributed by atoms with Gasteiger partial charge in [-0.2, -0.15) is 5.10 Å². The highest BCUT2D eigenvalue weighted by Gasteiger charge is 2.05. The lowest BCUT2D eigenvalue weighted by molar-refractivity contribution is 0.300. The maximum Gasteiger partial charge on any atom is 0.138 e. The Morgan fingerprint density at radius 1 is 1.41 bits per heavy atom. The van der Waals surface area contributed by atoms with Gasteiger partial charge in [-0.1, -0.05) is 23.7 Å². The first-order valence-electron chi connectivity index (χ1n) is 5.40. The maximum atomic E-state index is 5.98. The minimum atomic E-state index is 0.362. The molecule has 0 saturated carbocycles. The van der Waals surface area contributed by atoms with Crippen molar-refractivity contribution in [1.82, 2.24) is 9.78 Å². The fourth-order valence-corrected chi connectivity index (χ4v) is 1.71. The molecule has 0 radical (unpaired) electrons. The van der Waals surface area contributed by atoms with Crippen LogP contribution in [0.4, 0.5) is 5.82 Å². The summed E-state index contributed by atoms with van der Waals surface area (Å²) in [7, 11) is 0. The zero-order valence-corrected chi connectivity index (χ0v) is 10.3. The topological polar surface area (TPSA) is 53.1 Å². The number of nitrogens with two attached hydrogens (primary N) is 1. The lowest BCUT2D eigenvalue weighted by Crippen LogP contribution is -2.02. The van der Waals surface area contributed by atoms with Gasteiger partial charge in [-0.3, -0.25) is 4.68 Å². The molecule has 0 spiro atoms. The summed E-state index contributed by atoms with van der Waals surface area (Å²) in [6.07, 6.45) is 0. The highest BCUT2D eigenvalue weighted by atomic mass is 35.5. The summed E-state index contributed by atoms with van der Waals surface area (Å²) >= 11 is 5.98. The van der Waals surface area contributed by atoms with Gasteiger partial charge in [0.1, 0.15) is 23.9 Å². The first-order chi connectivity index (χ1) is 8.20. The summed E-state index contributed by atoms with van der Waals surface area (Å²) in [5.74, 6) is 1.30. The summed E-state index contributed by atoms with van der Waals surface area (Å²) in [6, 6.07) is 9.15. The fraction of sp³-hybridized carbons (Fsp3) is 0.250. The van der Waals surface area contributed by atoms with Crippen LogP contribution in [0.2, 0.25) is 5.02 Å². The van der Waals surface area contributed by atoms with Gasteiger partial charge in [-0.05, 0) is 19.1 Å². The van der Waals surface area contributed by atoms with Gasteiger partial charge in [0.15, 0.2) is 0 Å². The van der Waals surface area contributed by atoms with Crippen molar-refractivity contribution in [3.8, 4) is 5.75 Å². The van der Waals surface area contributed by atoms with Crippen LogP contribution >= 0.6 is 11.6 Å². The third-order valence-electron chi connectivity index (χ3n) is 2.37. The predicted molar refractivity (Wildman–Crippen MR) is 68.1 cm³/mol. The second-order valence-electron chi connectivity index (χ2n) is 3.60. The van der Waals surface area contributed by atoms with Crippen LogP contribution in [-0.4, -0.2) is 9.78 Å². The largest absolute Gasteiger partial charge is 0.486 e. The van der Waals surface area contributed by atoms with Crippen molar-refractivity contribution in [2.75, 3.05) is 5.73 Å². The van der Waals surface area contributed by atoms with Crippen LogP contribution in [0.3, 0.4) is 0 Å². The van der Waals surface area contributed by atoms with Gasteiger partial charge in [-0.15, -0.1) is 0 Å². The minimum absolute atomic E-state index is 0.362. The van der Waals surface area contributed by atoms with Crippen LogP contribution in [0.15, 0.2) is 30.3 Å². The third kappa shape index (κ3) is 2.71. The number of rotatable bonds is 4. The SMILES string of the molecule is CCn1nc(COc2ccccc2Cl)cc1N. The second kappa shape index (κ2) is 5.10. The Bertz CT molecular complexity index is 510. The smallest absolute Gasteiger partial charge is 0.138 e. The normalized spacial score (nSPS) is 10.5. The number of para-hydroxylation sites is 1. The highest BCUT2D eigenvalue weighted by Crippen LogP contribution is 2.24. The van der Waals surface area contributed by atoms with E-state index in [1.54, 1.807) is 16.8 Å². The quantitative estimate of drug-likeness (QED) is 0.909. The summed E-state index contributed by atoms with van der Waals surface area (Å²) in [5, 5.41) is 4.89. The molecule has 0 fully saturated rings. The maximum absolute atomic E-state index is 5.98. The van der Waals surface area contributed by atoms with Crippen molar-refractivity contribution in [2.24, 2.45) is 0 Å². The van der Waals surface area contributed by atoms with Crippen molar-refractivity contribution in [2.45, 2.75) is 20.1 Å². The monoisotopic (exact) mass is 251 g/mol. The Morgan fingerprint density at radius 3 is 2.82 bits per heavy atom. The van der Waals surface area contributed by atoms with Gasteiger partial charge in [0.05, 0.1) is 5.02 Å². The zero-order chi connectivity index (χ0) is 12.3. The molecule has 1 aromatic heterocycles. The summed E-state index contributed by atoms with van der Waals surface area (Å²) in [4.78, 5) is 0. The number of halogens is 1. The molecule has 2 aromatic rings. The first kappa shape index (κ1) is 11.8. The number of nitrogen functional groups attached to an aromatic ring is 1. The molecule has 4 nitrogen and oxygen atoms in total. The Kier molecular flexibility index (Phi) is 3.54. The molecule has 0 atom stereocenters. The average Bonchev–Trinajstić information content (AvgIpc) is 2.69. The van der Waals surface area contributed by atoms with Crippen LogP contribution < -0.4 is 10.5 Å². The van der Waals surface area contributed by atoms with E-state index < -0.39 is 0 Å². The summed E-state index contributed by atoms with van der Waals surface area (Å²) in [5.41, 5.74) is 6.57. The molecule has 2 N–H and O–H groups in total. The van der Waals surface area contributed by atoms with Gasteiger partial charge in [0.25, 0.3) is 0 Å². The van der Waals surface area contributed by atoms with Crippen molar-refractivity contribution >= 4 is 17.4 Å².